The highest BCUT2D eigenvalue weighted by atomic mass is 16.4. The second-order valence-electron chi connectivity index (χ2n) is 9.13. The largest absolute Gasteiger partial charge is 0.423 e. The Morgan fingerprint density at radius 2 is 1.92 bits per heavy atom. The predicted molar refractivity (Wildman–Crippen MR) is 96.1 cm³/mol. The first-order chi connectivity index (χ1) is 12.3. The predicted octanol–water partition coefficient (Wildman–Crippen LogP) is 3.09. The van der Waals surface area contributed by atoms with Crippen LogP contribution in [0.1, 0.15) is 77.5 Å². The van der Waals surface area contributed by atoms with Gasteiger partial charge in [-0.2, -0.15) is 0 Å². The first kappa shape index (κ1) is 18.0. The molecule has 6 nitrogen and oxygen atoms in total. The average Bonchev–Trinajstić information content (AvgIpc) is 3.04. The summed E-state index contributed by atoms with van der Waals surface area (Å²) in [6.45, 7) is 7.18. The summed E-state index contributed by atoms with van der Waals surface area (Å²) in [6, 6.07) is 0. The minimum Gasteiger partial charge on any atom is -0.423 e. The van der Waals surface area contributed by atoms with E-state index in [4.69, 9.17) is 4.42 Å². The Morgan fingerprint density at radius 1 is 1.15 bits per heavy atom. The molecule has 4 fully saturated rings. The molecule has 0 aromatic carbocycles. The summed E-state index contributed by atoms with van der Waals surface area (Å²) in [5.74, 6) is 1.77. The molecule has 144 valence electrons. The number of hydrogen-bond donors (Lipinski definition) is 1. The smallest absolute Gasteiger partial charge is 0.235 e. The van der Waals surface area contributed by atoms with Crippen molar-refractivity contribution in [3.8, 4) is 0 Å². The van der Waals surface area contributed by atoms with Crippen molar-refractivity contribution >= 4 is 5.91 Å². The Labute approximate surface area is 155 Å². The highest BCUT2D eigenvalue weighted by Gasteiger charge is 2.65. The third kappa shape index (κ3) is 2.77. The van der Waals surface area contributed by atoms with Crippen molar-refractivity contribution in [3.05, 3.63) is 11.8 Å². The van der Waals surface area contributed by atoms with Gasteiger partial charge < -0.3 is 14.4 Å². The van der Waals surface area contributed by atoms with E-state index in [2.05, 4.69) is 17.1 Å². The van der Waals surface area contributed by atoms with Crippen LogP contribution < -0.4 is 0 Å². The molecule has 0 spiro atoms. The van der Waals surface area contributed by atoms with Gasteiger partial charge in [0.15, 0.2) is 0 Å². The lowest BCUT2D eigenvalue weighted by Gasteiger charge is -2.64. The molecule has 0 aliphatic heterocycles. The molecular formula is C20H31N3O3. The molecule has 0 saturated heterocycles. The fourth-order valence-electron chi connectivity index (χ4n) is 6.54. The zero-order chi connectivity index (χ0) is 18.6. The molecular weight excluding hydrogens is 330 g/mol. The standard InChI is InChI=1S/C20H31N3O3/c1-4-15-21-22-16(26-15)10-23(6-3)17(24)19-8-14-7-18(5-2,11-19)12-20(25,9-14)13-19/h14,25H,4-13H2,1-3H3. The Bertz CT molecular complexity index is 704. The van der Waals surface area contributed by atoms with E-state index in [1.807, 2.05) is 18.7 Å². The van der Waals surface area contributed by atoms with Gasteiger partial charge in [0.25, 0.3) is 0 Å². The summed E-state index contributed by atoms with van der Waals surface area (Å²) >= 11 is 0. The molecule has 4 aliphatic carbocycles. The molecule has 1 aromatic rings. The van der Waals surface area contributed by atoms with Crippen LogP contribution in [0.4, 0.5) is 0 Å². The third-order valence-corrected chi connectivity index (χ3v) is 7.16. The number of carbonyl (C=O) groups is 1. The molecule has 4 unspecified atom stereocenters. The van der Waals surface area contributed by atoms with Crippen LogP contribution in [0.2, 0.25) is 0 Å². The summed E-state index contributed by atoms with van der Waals surface area (Å²) in [7, 11) is 0. The maximum atomic E-state index is 13.6. The number of amides is 1. The summed E-state index contributed by atoms with van der Waals surface area (Å²) in [5.41, 5.74) is -0.915. The minimum atomic E-state index is -0.648. The van der Waals surface area contributed by atoms with Crippen molar-refractivity contribution < 1.29 is 14.3 Å². The van der Waals surface area contributed by atoms with Gasteiger partial charge in [0.2, 0.25) is 17.7 Å². The fraction of sp³-hybridized carbons (Fsp3) is 0.850. The second-order valence-corrected chi connectivity index (χ2v) is 9.13. The van der Waals surface area contributed by atoms with Gasteiger partial charge in [-0.05, 0) is 56.8 Å². The average molecular weight is 361 g/mol. The van der Waals surface area contributed by atoms with Crippen LogP contribution in [0.3, 0.4) is 0 Å². The topological polar surface area (TPSA) is 79.5 Å². The first-order valence-corrected chi connectivity index (χ1v) is 10.2. The molecule has 0 radical (unpaired) electrons. The lowest BCUT2D eigenvalue weighted by Crippen LogP contribution is -2.64. The fourth-order valence-corrected chi connectivity index (χ4v) is 6.54. The van der Waals surface area contributed by atoms with Crippen molar-refractivity contribution in [2.75, 3.05) is 6.54 Å². The van der Waals surface area contributed by atoms with Gasteiger partial charge in [0.1, 0.15) is 0 Å². The number of nitrogens with zero attached hydrogens (tertiary/aromatic N) is 3. The van der Waals surface area contributed by atoms with Gasteiger partial charge >= 0.3 is 0 Å². The van der Waals surface area contributed by atoms with Crippen LogP contribution in [-0.2, 0) is 17.8 Å². The van der Waals surface area contributed by atoms with Gasteiger partial charge in [0, 0.05) is 13.0 Å². The number of carbonyl (C=O) groups excluding carboxylic acids is 1. The van der Waals surface area contributed by atoms with E-state index >= 15 is 0 Å². The van der Waals surface area contributed by atoms with Crippen LogP contribution in [0.15, 0.2) is 4.42 Å². The molecule has 1 amide bonds. The van der Waals surface area contributed by atoms with Gasteiger partial charge in [-0.3, -0.25) is 4.79 Å². The van der Waals surface area contributed by atoms with Gasteiger partial charge in [-0.25, -0.2) is 0 Å². The zero-order valence-electron chi connectivity index (χ0n) is 16.3. The van der Waals surface area contributed by atoms with E-state index in [9.17, 15) is 9.90 Å². The Balaban J connectivity index is 1.59. The lowest BCUT2D eigenvalue weighted by molar-refractivity contribution is -0.210. The quantitative estimate of drug-likeness (QED) is 0.842. The molecule has 5 rings (SSSR count). The van der Waals surface area contributed by atoms with E-state index in [1.165, 1.54) is 6.42 Å². The minimum absolute atomic E-state index is 0.142. The molecule has 26 heavy (non-hydrogen) atoms. The van der Waals surface area contributed by atoms with Crippen LogP contribution in [0.25, 0.3) is 0 Å². The maximum Gasteiger partial charge on any atom is 0.235 e. The summed E-state index contributed by atoms with van der Waals surface area (Å²) in [4.78, 5) is 15.5. The first-order valence-electron chi connectivity index (χ1n) is 10.2. The Kier molecular flexibility index (Phi) is 4.17. The number of aromatic nitrogens is 2. The number of rotatable bonds is 6. The van der Waals surface area contributed by atoms with Crippen molar-refractivity contribution in [2.45, 2.75) is 84.3 Å². The SMILES string of the molecule is CCc1nnc(CN(CC)C(=O)C23CC4CC(O)(CC(CC)(C4)C2)C3)o1. The Morgan fingerprint density at radius 3 is 2.54 bits per heavy atom. The lowest BCUT2D eigenvalue weighted by atomic mass is 9.42. The molecule has 6 heteroatoms. The molecule has 4 atom stereocenters. The van der Waals surface area contributed by atoms with E-state index in [1.54, 1.807) is 0 Å². The molecule has 4 bridgehead atoms. The molecule has 1 N–H and O–H groups in total. The van der Waals surface area contributed by atoms with E-state index < -0.39 is 11.0 Å². The number of aryl methyl sites for hydroxylation is 1. The number of hydrogen-bond acceptors (Lipinski definition) is 5. The summed E-state index contributed by atoms with van der Waals surface area (Å²) in [6.07, 6.45) is 7.15. The van der Waals surface area contributed by atoms with Crippen LogP contribution in [0.5, 0.6) is 0 Å². The second kappa shape index (κ2) is 6.04. The van der Waals surface area contributed by atoms with Crippen molar-refractivity contribution in [2.24, 2.45) is 16.7 Å². The number of aliphatic hydroxyl groups is 1. The highest BCUT2D eigenvalue weighted by Crippen LogP contribution is 2.68. The monoisotopic (exact) mass is 361 g/mol. The van der Waals surface area contributed by atoms with Crippen LogP contribution in [0, 0.1) is 16.7 Å². The van der Waals surface area contributed by atoms with Gasteiger partial charge in [-0.15, -0.1) is 10.2 Å². The van der Waals surface area contributed by atoms with Crippen molar-refractivity contribution in [1.29, 1.82) is 0 Å². The molecule has 1 heterocycles. The maximum absolute atomic E-state index is 13.6. The van der Waals surface area contributed by atoms with Crippen LogP contribution >= 0.6 is 0 Å². The van der Waals surface area contributed by atoms with E-state index in [0.29, 0.717) is 43.6 Å². The van der Waals surface area contributed by atoms with Crippen molar-refractivity contribution in [1.82, 2.24) is 15.1 Å². The Hall–Kier alpha value is -1.43. The van der Waals surface area contributed by atoms with E-state index in [0.717, 1.165) is 32.1 Å². The molecule has 4 aliphatic rings. The normalized spacial score (nSPS) is 37.9. The van der Waals surface area contributed by atoms with Crippen molar-refractivity contribution in [3.63, 3.8) is 0 Å². The van der Waals surface area contributed by atoms with Gasteiger partial charge in [-0.1, -0.05) is 20.3 Å². The zero-order valence-corrected chi connectivity index (χ0v) is 16.3. The summed E-state index contributed by atoms with van der Waals surface area (Å²) in [5, 5.41) is 19.3. The summed E-state index contributed by atoms with van der Waals surface area (Å²) < 4.78 is 5.63. The molecule has 1 aromatic heterocycles. The van der Waals surface area contributed by atoms with E-state index in [-0.39, 0.29) is 11.3 Å². The van der Waals surface area contributed by atoms with Crippen LogP contribution in [-0.4, -0.2) is 38.3 Å². The highest BCUT2D eigenvalue weighted by molar-refractivity contribution is 5.83. The van der Waals surface area contributed by atoms with Gasteiger partial charge in [0.05, 0.1) is 17.6 Å². The third-order valence-electron chi connectivity index (χ3n) is 7.16. The molecule has 4 saturated carbocycles.